The molecule has 0 unspecified atom stereocenters. The Morgan fingerprint density at radius 1 is 1.50 bits per heavy atom. The first-order valence-corrected chi connectivity index (χ1v) is 3.67. The zero-order valence-electron chi connectivity index (χ0n) is 6.51. The molecule has 0 saturated heterocycles. The van der Waals surface area contributed by atoms with E-state index >= 15 is 0 Å². The lowest BCUT2D eigenvalue weighted by atomic mass is 10.3. The number of carbonyl (C=O) groups is 1. The van der Waals surface area contributed by atoms with Crippen molar-refractivity contribution in [2.75, 3.05) is 0 Å². The van der Waals surface area contributed by atoms with Crippen molar-refractivity contribution in [3.8, 4) is 5.75 Å². The largest absolute Gasteiger partial charge is 0.573 e. The van der Waals surface area contributed by atoms with E-state index in [9.17, 15) is 18.0 Å². The van der Waals surface area contributed by atoms with E-state index in [1.807, 2.05) is 0 Å². The molecule has 0 N–H and O–H groups in total. The molecule has 0 fully saturated rings. The highest BCUT2D eigenvalue weighted by Crippen LogP contribution is 2.28. The summed E-state index contributed by atoms with van der Waals surface area (Å²) >= 11 is 5.37. The molecule has 0 aromatic carbocycles. The Balaban J connectivity index is 3.08. The Morgan fingerprint density at radius 3 is 2.64 bits per heavy atom. The van der Waals surface area contributed by atoms with Gasteiger partial charge in [-0.1, -0.05) is 11.6 Å². The van der Waals surface area contributed by atoms with Gasteiger partial charge in [-0.05, 0) is 6.07 Å². The van der Waals surface area contributed by atoms with Crippen LogP contribution in [-0.2, 0) is 0 Å². The van der Waals surface area contributed by atoms with Crippen molar-refractivity contribution in [2.45, 2.75) is 6.36 Å². The van der Waals surface area contributed by atoms with Crippen LogP contribution in [0.4, 0.5) is 13.2 Å². The second-order valence-corrected chi connectivity index (χ2v) is 2.54. The average molecular weight is 226 g/mol. The summed E-state index contributed by atoms with van der Waals surface area (Å²) in [5.41, 5.74) is -0.425. The summed E-state index contributed by atoms with van der Waals surface area (Å²) in [6.45, 7) is 0. The molecule has 0 spiro atoms. The number of hydrogen-bond donors (Lipinski definition) is 0. The molecule has 14 heavy (non-hydrogen) atoms. The maximum absolute atomic E-state index is 11.8. The second-order valence-electron chi connectivity index (χ2n) is 2.18. The summed E-state index contributed by atoms with van der Waals surface area (Å²) in [6, 6.07) is 0.906. The van der Waals surface area contributed by atoms with Gasteiger partial charge in [0.05, 0.1) is 5.56 Å². The average Bonchev–Trinajstić information content (AvgIpc) is 2.01. The second kappa shape index (κ2) is 3.83. The highest BCUT2D eigenvalue weighted by molar-refractivity contribution is 6.32. The van der Waals surface area contributed by atoms with E-state index in [1.165, 1.54) is 0 Å². The van der Waals surface area contributed by atoms with Gasteiger partial charge in [-0.25, -0.2) is 4.98 Å². The first-order valence-electron chi connectivity index (χ1n) is 3.29. The Hall–Kier alpha value is -1.30. The quantitative estimate of drug-likeness (QED) is 0.573. The highest BCUT2D eigenvalue weighted by atomic mass is 35.5. The molecular formula is C7H3ClF3NO2. The number of ether oxygens (including phenoxy) is 1. The molecule has 0 bridgehead atoms. The molecule has 0 aliphatic carbocycles. The van der Waals surface area contributed by atoms with E-state index in [0.29, 0.717) is 0 Å². The van der Waals surface area contributed by atoms with Gasteiger partial charge in [0.1, 0.15) is 10.9 Å². The number of alkyl halides is 3. The van der Waals surface area contributed by atoms with Gasteiger partial charge >= 0.3 is 6.36 Å². The molecule has 0 radical (unpaired) electrons. The van der Waals surface area contributed by atoms with Crippen molar-refractivity contribution in [1.82, 2.24) is 4.98 Å². The molecular weight excluding hydrogens is 223 g/mol. The number of nitrogens with zero attached hydrogens (tertiary/aromatic N) is 1. The van der Waals surface area contributed by atoms with Gasteiger partial charge < -0.3 is 4.74 Å². The topological polar surface area (TPSA) is 39.2 Å². The van der Waals surface area contributed by atoms with Crippen LogP contribution in [0.2, 0.25) is 5.15 Å². The molecule has 1 aromatic rings. The van der Waals surface area contributed by atoms with Crippen LogP contribution in [0.15, 0.2) is 12.3 Å². The Morgan fingerprint density at radius 2 is 2.14 bits per heavy atom. The van der Waals surface area contributed by atoms with Crippen molar-refractivity contribution in [2.24, 2.45) is 0 Å². The SMILES string of the molecule is O=Cc1c(OC(F)(F)F)ccnc1Cl. The first kappa shape index (κ1) is 10.8. The fourth-order valence-electron chi connectivity index (χ4n) is 0.752. The Bertz CT molecular complexity index is 353. The van der Waals surface area contributed by atoms with Crippen molar-refractivity contribution in [3.05, 3.63) is 23.0 Å². The molecule has 76 valence electrons. The van der Waals surface area contributed by atoms with Crippen LogP contribution in [0, 0.1) is 0 Å². The van der Waals surface area contributed by atoms with Gasteiger partial charge in [0.2, 0.25) is 0 Å². The first-order chi connectivity index (χ1) is 6.44. The number of rotatable bonds is 2. The minimum absolute atomic E-state index is 0.149. The van der Waals surface area contributed by atoms with Gasteiger partial charge in [0.25, 0.3) is 0 Å². The van der Waals surface area contributed by atoms with Gasteiger partial charge in [-0.15, -0.1) is 13.2 Å². The normalized spacial score (nSPS) is 11.1. The van der Waals surface area contributed by atoms with Gasteiger partial charge in [-0.2, -0.15) is 0 Å². The van der Waals surface area contributed by atoms with Gasteiger partial charge in [0, 0.05) is 6.20 Å². The summed E-state index contributed by atoms with van der Waals surface area (Å²) in [6.07, 6.45) is -3.70. The molecule has 3 nitrogen and oxygen atoms in total. The minimum atomic E-state index is -4.86. The molecule has 0 saturated carbocycles. The lowest BCUT2D eigenvalue weighted by Gasteiger charge is -2.10. The fourth-order valence-corrected chi connectivity index (χ4v) is 0.946. The summed E-state index contributed by atoms with van der Waals surface area (Å²) in [7, 11) is 0. The molecule has 0 aliphatic rings. The van der Waals surface area contributed by atoms with Crippen molar-refractivity contribution < 1.29 is 22.7 Å². The van der Waals surface area contributed by atoms with Crippen LogP contribution >= 0.6 is 11.6 Å². The smallest absolute Gasteiger partial charge is 0.405 e. The number of aromatic nitrogens is 1. The molecule has 0 amide bonds. The molecule has 1 heterocycles. The molecule has 7 heteroatoms. The number of aldehydes is 1. The summed E-state index contributed by atoms with van der Waals surface area (Å²) < 4.78 is 38.9. The van der Waals surface area contributed by atoms with Crippen LogP contribution in [0.25, 0.3) is 0 Å². The van der Waals surface area contributed by atoms with Gasteiger partial charge in [0.15, 0.2) is 6.29 Å². The van der Waals surface area contributed by atoms with Crippen LogP contribution in [0.5, 0.6) is 5.75 Å². The molecule has 1 aromatic heterocycles. The van der Waals surface area contributed by atoms with Crippen LogP contribution in [0.3, 0.4) is 0 Å². The predicted molar refractivity (Wildman–Crippen MR) is 41.3 cm³/mol. The Kier molecular flexibility index (Phi) is 2.95. The zero-order valence-corrected chi connectivity index (χ0v) is 7.26. The third-order valence-electron chi connectivity index (χ3n) is 1.25. The lowest BCUT2D eigenvalue weighted by Crippen LogP contribution is -2.18. The maximum atomic E-state index is 11.8. The minimum Gasteiger partial charge on any atom is -0.405 e. The third-order valence-corrected chi connectivity index (χ3v) is 1.55. The summed E-state index contributed by atoms with van der Waals surface area (Å²) in [5.74, 6) is -0.660. The third kappa shape index (κ3) is 2.59. The standard InChI is InChI=1S/C7H3ClF3NO2/c8-6-4(3-13)5(1-2-12-6)14-7(9,10)11/h1-3H. The van der Waals surface area contributed by atoms with E-state index in [-0.39, 0.29) is 11.4 Å². The van der Waals surface area contributed by atoms with E-state index in [2.05, 4.69) is 9.72 Å². The molecule has 1 rings (SSSR count). The summed E-state index contributed by atoms with van der Waals surface area (Å²) in [5, 5.41) is -0.332. The predicted octanol–water partition coefficient (Wildman–Crippen LogP) is 2.45. The molecule has 0 atom stereocenters. The highest BCUT2D eigenvalue weighted by Gasteiger charge is 2.32. The zero-order chi connectivity index (χ0) is 10.8. The van der Waals surface area contributed by atoms with E-state index in [4.69, 9.17) is 11.6 Å². The van der Waals surface area contributed by atoms with Crippen LogP contribution < -0.4 is 4.74 Å². The van der Waals surface area contributed by atoms with E-state index in [1.54, 1.807) is 0 Å². The summed E-state index contributed by atoms with van der Waals surface area (Å²) in [4.78, 5) is 13.8. The van der Waals surface area contributed by atoms with E-state index in [0.717, 1.165) is 12.3 Å². The number of carbonyl (C=O) groups excluding carboxylic acids is 1. The molecule has 0 aliphatic heterocycles. The van der Waals surface area contributed by atoms with Crippen LogP contribution in [0.1, 0.15) is 10.4 Å². The van der Waals surface area contributed by atoms with Crippen LogP contribution in [-0.4, -0.2) is 17.6 Å². The van der Waals surface area contributed by atoms with Gasteiger partial charge in [-0.3, -0.25) is 4.79 Å². The lowest BCUT2D eigenvalue weighted by molar-refractivity contribution is -0.274. The maximum Gasteiger partial charge on any atom is 0.573 e. The van der Waals surface area contributed by atoms with E-state index < -0.39 is 17.7 Å². The van der Waals surface area contributed by atoms with Crippen molar-refractivity contribution in [1.29, 1.82) is 0 Å². The monoisotopic (exact) mass is 225 g/mol. The number of hydrogen-bond acceptors (Lipinski definition) is 3. The number of pyridine rings is 1. The number of halogens is 4. The van der Waals surface area contributed by atoms with Crippen molar-refractivity contribution >= 4 is 17.9 Å². The van der Waals surface area contributed by atoms with Crippen molar-refractivity contribution in [3.63, 3.8) is 0 Å². The fraction of sp³-hybridized carbons (Fsp3) is 0.143. The Labute approximate surface area is 81.5 Å².